The monoisotopic (exact) mass is 393 g/mol. The van der Waals surface area contributed by atoms with Gasteiger partial charge in [-0.1, -0.05) is 11.3 Å². The van der Waals surface area contributed by atoms with E-state index in [9.17, 15) is 18.4 Å². The van der Waals surface area contributed by atoms with Crippen LogP contribution in [0.5, 0.6) is 0 Å². The van der Waals surface area contributed by atoms with Gasteiger partial charge in [0.2, 0.25) is 10.1 Å². The third-order valence-corrected chi connectivity index (χ3v) is 4.96. The second kappa shape index (κ2) is 7.00. The first kappa shape index (κ1) is 17.5. The normalized spacial score (nSPS) is 14.5. The molecule has 1 fully saturated rings. The predicted molar refractivity (Wildman–Crippen MR) is 94.5 cm³/mol. The van der Waals surface area contributed by atoms with E-state index in [0.29, 0.717) is 36.4 Å². The number of halogens is 2. The summed E-state index contributed by atoms with van der Waals surface area (Å²) in [6, 6.07) is 2.64. The zero-order chi connectivity index (χ0) is 19.0. The Hall–Kier alpha value is -2.92. The standard InChI is InChI=1S/C16H13F2N5O3S/c17-9-1-2-11(18)12(7-9)20-13(24)10-8-19-15-23(14(10)25)21-16(27-15)22-3-5-26-6-4-22/h1-2,7-8H,3-6H2,(H,20,24). The Morgan fingerprint density at radius 2 is 2.04 bits per heavy atom. The fraction of sp³-hybridized carbons (Fsp3) is 0.250. The lowest BCUT2D eigenvalue weighted by molar-refractivity contribution is 0.102. The van der Waals surface area contributed by atoms with E-state index in [0.717, 1.165) is 28.9 Å². The topological polar surface area (TPSA) is 88.8 Å². The molecule has 0 unspecified atom stereocenters. The van der Waals surface area contributed by atoms with Crippen molar-refractivity contribution in [3.8, 4) is 0 Å². The van der Waals surface area contributed by atoms with Gasteiger partial charge in [0.15, 0.2) is 0 Å². The average molecular weight is 393 g/mol. The molecule has 1 N–H and O–H groups in total. The molecule has 1 aromatic carbocycles. The quantitative estimate of drug-likeness (QED) is 0.726. The van der Waals surface area contributed by atoms with E-state index >= 15 is 0 Å². The van der Waals surface area contributed by atoms with Crippen molar-refractivity contribution >= 4 is 33.0 Å². The van der Waals surface area contributed by atoms with Crippen molar-refractivity contribution in [2.24, 2.45) is 0 Å². The minimum atomic E-state index is -0.896. The van der Waals surface area contributed by atoms with Gasteiger partial charge < -0.3 is 15.0 Å². The number of fused-ring (bicyclic) bond motifs is 1. The Balaban J connectivity index is 1.65. The number of rotatable bonds is 3. The van der Waals surface area contributed by atoms with Crippen molar-refractivity contribution in [2.45, 2.75) is 0 Å². The molecule has 140 valence electrons. The van der Waals surface area contributed by atoms with Gasteiger partial charge in [-0.15, -0.1) is 5.10 Å². The number of amides is 1. The van der Waals surface area contributed by atoms with Gasteiger partial charge in [-0.25, -0.2) is 13.8 Å². The van der Waals surface area contributed by atoms with E-state index < -0.39 is 23.1 Å². The molecule has 0 atom stereocenters. The maximum absolute atomic E-state index is 13.7. The van der Waals surface area contributed by atoms with Crippen LogP contribution in [0.15, 0.2) is 29.2 Å². The largest absolute Gasteiger partial charge is 0.378 e. The Labute approximate surface area is 155 Å². The Morgan fingerprint density at radius 3 is 2.81 bits per heavy atom. The molecule has 3 aromatic rings. The van der Waals surface area contributed by atoms with Crippen molar-refractivity contribution in [1.29, 1.82) is 0 Å². The molecule has 3 heterocycles. The van der Waals surface area contributed by atoms with Crippen LogP contribution < -0.4 is 15.8 Å². The maximum Gasteiger partial charge on any atom is 0.288 e. The number of aromatic nitrogens is 3. The lowest BCUT2D eigenvalue weighted by Crippen LogP contribution is -2.36. The first-order valence-corrected chi connectivity index (χ1v) is 8.82. The summed E-state index contributed by atoms with van der Waals surface area (Å²) in [4.78, 5) is 31.3. The van der Waals surface area contributed by atoms with E-state index in [1.54, 1.807) is 0 Å². The van der Waals surface area contributed by atoms with Crippen LogP contribution in [0.2, 0.25) is 0 Å². The molecule has 1 saturated heterocycles. The number of nitrogens with one attached hydrogen (secondary N) is 1. The maximum atomic E-state index is 13.7. The van der Waals surface area contributed by atoms with Gasteiger partial charge in [0.25, 0.3) is 11.5 Å². The number of ether oxygens (including phenoxy) is 1. The van der Waals surface area contributed by atoms with Crippen LogP contribution in [0.25, 0.3) is 4.96 Å². The molecule has 1 amide bonds. The van der Waals surface area contributed by atoms with Crippen molar-refractivity contribution in [3.63, 3.8) is 0 Å². The number of carbonyl (C=O) groups excluding carboxylic acids is 1. The van der Waals surface area contributed by atoms with Gasteiger partial charge in [-0.3, -0.25) is 9.59 Å². The summed E-state index contributed by atoms with van der Waals surface area (Å²) in [6.45, 7) is 2.40. The second-order valence-corrected chi connectivity index (χ2v) is 6.67. The van der Waals surface area contributed by atoms with Gasteiger partial charge in [0.1, 0.15) is 17.2 Å². The van der Waals surface area contributed by atoms with Gasteiger partial charge >= 0.3 is 0 Å². The molecule has 2 aromatic heterocycles. The first-order valence-electron chi connectivity index (χ1n) is 8.01. The Morgan fingerprint density at radius 1 is 1.26 bits per heavy atom. The zero-order valence-corrected chi connectivity index (χ0v) is 14.6. The summed E-state index contributed by atoms with van der Waals surface area (Å²) in [5.41, 5.74) is -1.38. The first-order chi connectivity index (χ1) is 13.0. The van der Waals surface area contributed by atoms with E-state index in [1.807, 2.05) is 4.90 Å². The third-order valence-electron chi connectivity index (χ3n) is 3.98. The highest BCUT2D eigenvalue weighted by atomic mass is 32.1. The second-order valence-electron chi connectivity index (χ2n) is 5.73. The molecule has 4 rings (SSSR count). The van der Waals surface area contributed by atoms with Crippen LogP contribution in [0.1, 0.15) is 10.4 Å². The molecule has 0 spiro atoms. The van der Waals surface area contributed by atoms with Crippen LogP contribution >= 0.6 is 11.3 Å². The Kier molecular flexibility index (Phi) is 4.54. The van der Waals surface area contributed by atoms with Gasteiger partial charge in [0, 0.05) is 25.4 Å². The minimum absolute atomic E-state index is 0.324. The number of hydrogen-bond donors (Lipinski definition) is 1. The van der Waals surface area contributed by atoms with Crippen LogP contribution in [-0.2, 0) is 4.74 Å². The summed E-state index contributed by atoms with van der Waals surface area (Å²) in [7, 11) is 0. The summed E-state index contributed by atoms with van der Waals surface area (Å²) < 4.78 is 33.3. The smallest absolute Gasteiger partial charge is 0.288 e. The minimum Gasteiger partial charge on any atom is -0.378 e. The van der Waals surface area contributed by atoms with E-state index in [1.165, 1.54) is 11.3 Å². The lowest BCUT2D eigenvalue weighted by Gasteiger charge is -2.25. The van der Waals surface area contributed by atoms with Crippen molar-refractivity contribution in [1.82, 2.24) is 14.6 Å². The van der Waals surface area contributed by atoms with Crippen LogP contribution in [0.3, 0.4) is 0 Å². The van der Waals surface area contributed by atoms with Crippen molar-refractivity contribution in [2.75, 3.05) is 36.5 Å². The third kappa shape index (κ3) is 3.38. The summed E-state index contributed by atoms with van der Waals surface area (Å²) in [5, 5.41) is 7.01. The highest BCUT2D eigenvalue weighted by Gasteiger charge is 2.20. The Bertz CT molecular complexity index is 1080. The fourth-order valence-electron chi connectivity index (χ4n) is 2.60. The molecule has 1 aliphatic heterocycles. The SMILES string of the molecule is O=C(Nc1cc(F)ccc1F)c1cnc2sc(N3CCOCC3)nn2c1=O. The number of benzene rings is 1. The summed E-state index contributed by atoms with van der Waals surface area (Å²) in [6.07, 6.45) is 1.10. The van der Waals surface area contributed by atoms with Gasteiger partial charge in [-0.2, -0.15) is 4.52 Å². The number of hydrogen-bond acceptors (Lipinski definition) is 7. The molecular formula is C16H13F2N5O3S. The van der Waals surface area contributed by atoms with Crippen LogP contribution in [-0.4, -0.2) is 46.8 Å². The van der Waals surface area contributed by atoms with E-state index in [-0.39, 0.29) is 11.3 Å². The van der Waals surface area contributed by atoms with E-state index in [4.69, 9.17) is 4.74 Å². The van der Waals surface area contributed by atoms with Crippen molar-refractivity contribution in [3.05, 3.63) is 51.9 Å². The molecule has 11 heteroatoms. The number of morpholine rings is 1. The molecule has 8 nitrogen and oxygen atoms in total. The van der Waals surface area contributed by atoms with E-state index in [2.05, 4.69) is 15.4 Å². The van der Waals surface area contributed by atoms with Gasteiger partial charge in [-0.05, 0) is 12.1 Å². The summed E-state index contributed by atoms with van der Waals surface area (Å²) >= 11 is 1.22. The lowest BCUT2D eigenvalue weighted by atomic mass is 10.2. The van der Waals surface area contributed by atoms with Crippen LogP contribution in [0.4, 0.5) is 19.6 Å². The summed E-state index contributed by atoms with van der Waals surface area (Å²) in [5.74, 6) is -2.43. The highest BCUT2D eigenvalue weighted by molar-refractivity contribution is 7.20. The molecule has 0 bridgehead atoms. The van der Waals surface area contributed by atoms with Crippen molar-refractivity contribution < 1.29 is 18.3 Å². The molecular weight excluding hydrogens is 380 g/mol. The fourth-order valence-corrected chi connectivity index (χ4v) is 3.51. The number of carbonyl (C=O) groups is 1. The predicted octanol–water partition coefficient (Wildman–Crippen LogP) is 1.52. The number of anilines is 2. The molecule has 0 saturated carbocycles. The molecule has 1 aliphatic rings. The zero-order valence-electron chi connectivity index (χ0n) is 13.8. The molecule has 27 heavy (non-hydrogen) atoms. The van der Waals surface area contributed by atoms with Crippen LogP contribution in [0, 0.1) is 11.6 Å². The van der Waals surface area contributed by atoms with Gasteiger partial charge in [0.05, 0.1) is 18.9 Å². The molecule has 0 radical (unpaired) electrons. The highest BCUT2D eigenvalue weighted by Crippen LogP contribution is 2.22. The molecule has 0 aliphatic carbocycles. The number of nitrogens with zero attached hydrogens (tertiary/aromatic N) is 4. The average Bonchev–Trinajstić information content (AvgIpc) is 3.11.